The van der Waals surface area contributed by atoms with Crippen molar-refractivity contribution in [3.05, 3.63) is 59.1 Å². The zero-order valence-electron chi connectivity index (χ0n) is 16.3. The number of halogens is 1. The number of nitrogens with one attached hydrogen (secondary N) is 1. The third-order valence-electron chi connectivity index (χ3n) is 4.98. The maximum Gasteiger partial charge on any atom is 0.243 e. The van der Waals surface area contributed by atoms with E-state index in [0.717, 1.165) is 11.3 Å². The Morgan fingerprint density at radius 3 is 2.31 bits per heavy atom. The third kappa shape index (κ3) is 5.50. The molecule has 1 heterocycles. The molecule has 1 saturated heterocycles. The van der Waals surface area contributed by atoms with Crippen molar-refractivity contribution in [1.29, 1.82) is 0 Å². The molecule has 2 aromatic carbocycles. The number of amides is 1. The molecule has 0 bridgehead atoms. The quantitative estimate of drug-likeness (QED) is 0.721. The van der Waals surface area contributed by atoms with Gasteiger partial charge in [0.05, 0.1) is 11.5 Å². The Morgan fingerprint density at radius 1 is 1.10 bits per heavy atom. The Bertz CT molecular complexity index is 922. The van der Waals surface area contributed by atoms with Crippen LogP contribution in [0.4, 0.5) is 0 Å². The molecule has 1 aliphatic heterocycles. The van der Waals surface area contributed by atoms with Crippen molar-refractivity contribution >= 4 is 27.5 Å². The van der Waals surface area contributed by atoms with Crippen LogP contribution in [0, 0.1) is 5.92 Å². The maximum absolute atomic E-state index is 12.7. The molecule has 8 heteroatoms. The predicted molar refractivity (Wildman–Crippen MR) is 112 cm³/mol. The van der Waals surface area contributed by atoms with Gasteiger partial charge in [-0.15, -0.1) is 0 Å². The Hall–Kier alpha value is -2.09. The molecule has 0 unspecified atom stereocenters. The van der Waals surface area contributed by atoms with Crippen molar-refractivity contribution < 1.29 is 17.9 Å². The van der Waals surface area contributed by atoms with Crippen LogP contribution in [0.15, 0.2) is 53.4 Å². The molecule has 0 aromatic heterocycles. The Labute approximate surface area is 176 Å². The van der Waals surface area contributed by atoms with E-state index in [2.05, 4.69) is 5.32 Å². The smallest absolute Gasteiger partial charge is 0.243 e. The molecule has 156 valence electrons. The number of rotatable bonds is 7. The average Bonchev–Trinajstić information content (AvgIpc) is 2.73. The summed E-state index contributed by atoms with van der Waals surface area (Å²) in [7, 11) is -3.56. The summed E-state index contributed by atoms with van der Waals surface area (Å²) in [5.74, 6) is 0.577. The number of sulfonamides is 1. The number of hydrogen-bond acceptors (Lipinski definition) is 4. The zero-order valence-corrected chi connectivity index (χ0v) is 17.9. The van der Waals surface area contributed by atoms with Crippen LogP contribution in [-0.4, -0.2) is 38.3 Å². The van der Waals surface area contributed by atoms with Gasteiger partial charge < -0.3 is 10.1 Å². The molecule has 0 saturated carbocycles. The first kappa shape index (κ1) is 21.6. The number of carbonyl (C=O) groups is 1. The molecule has 6 nitrogen and oxygen atoms in total. The van der Waals surface area contributed by atoms with Crippen LogP contribution in [0.25, 0.3) is 0 Å². The Balaban J connectivity index is 1.50. The standard InChI is InChI=1S/C21H25ClN2O4S/c1-2-28-19-7-3-16(4-8-19)15-23-21(25)17-11-13-24(14-12-17)29(26,27)20-9-5-18(22)6-10-20/h3-10,17H,2,11-15H2,1H3,(H,23,25). The molecule has 1 amide bonds. The molecule has 1 N–H and O–H groups in total. The first-order chi connectivity index (χ1) is 13.9. The largest absolute Gasteiger partial charge is 0.494 e. The highest BCUT2D eigenvalue weighted by molar-refractivity contribution is 7.89. The van der Waals surface area contributed by atoms with Gasteiger partial charge in [0.1, 0.15) is 5.75 Å². The lowest BCUT2D eigenvalue weighted by Gasteiger charge is -2.30. The van der Waals surface area contributed by atoms with Crippen molar-refractivity contribution in [2.45, 2.75) is 31.2 Å². The van der Waals surface area contributed by atoms with E-state index < -0.39 is 10.0 Å². The summed E-state index contributed by atoms with van der Waals surface area (Å²) in [5.41, 5.74) is 0.990. The van der Waals surface area contributed by atoms with E-state index in [0.29, 0.717) is 44.1 Å². The van der Waals surface area contributed by atoms with Gasteiger partial charge in [0.25, 0.3) is 0 Å². The summed E-state index contributed by atoms with van der Waals surface area (Å²) in [4.78, 5) is 12.7. The summed E-state index contributed by atoms with van der Waals surface area (Å²) in [5, 5.41) is 3.44. The molecule has 0 radical (unpaired) electrons. The van der Waals surface area contributed by atoms with Crippen molar-refractivity contribution in [3.8, 4) is 5.75 Å². The number of benzene rings is 2. The summed E-state index contributed by atoms with van der Waals surface area (Å²) in [6, 6.07) is 13.8. The topological polar surface area (TPSA) is 75.7 Å². The predicted octanol–water partition coefficient (Wildman–Crippen LogP) is 3.46. The van der Waals surface area contributed by atoms with Gasteiger partial charge in [0, 0.05) is 30.6 Å². The van der Waals surface area contributed by atoms with Crippen molar-refractivity contribution in [3.63, 3.8) is 0 Å². The molecule has 0 aliphatic carbocycles. The fourth-order valence-electron chi connectivity index (χ4n) is 3.32. The Kier molecular flexibility index (Phi) is 7.16. The molecule has 1 fully saturated rings. The number of ether oxygens (including phenoxy) is 1. The monoisotopic (exact) mass is 436 g/mol. The minimum Gasteiger partial charge on any atom is -0.494 e. The van der Waals surface area contributed by atoms with E-state index >= 15 is 0 Å². The van der Waals surface area contributed by atoms with Gasteiger partial charge in [-0.1, -0.05) is 23.7 Å². The lowest BCUT2D eigenvalue weighted by atomic mass is 9.97. The third-order valence-corrected chi connectivity index (χ3v) is 7.14. The molecule has 1 aliphatic rings. The van der Waals surface area contributed by atoms with Crippen LogP contribution in [-0.2, 0) is 21.4 Å². The fourth-order valence-corrected chi connectivity index (χ4v) is 4.91. The normalized spacial score (nSPS) is 15.8. The molecule has 29 heavy (non-hydrogen) atoms. The molecule has 0 atom stereocenters. The first-order valence-electron chi connectivity index (χ1n) is 9.65. The second-order valence-electron chi connectivity index (χ2n) is 6.93. The zero-order chi connectivity index (χ0) is 20.9. The van der Waals surface area contributed by atoms with Gasteiger partial charge in [-0.2, -0.15) is 4.31 Å². The lowest BCUT2D eigenvalue weighted by Crippen LogP contribution is -2.42. The van der Waals surface area contributed by atoms with Crippen LogP contribution < -0.4 is 10.1 Å². The number of nitrogens with zero attached hydrogens (tertiary/aromatic N) is 1. The van der Waals surface area contributed by atoms with E-state index in [1.807, 2.05) is 31.2 Å². The highest BCUT2D eigenvalue weighted by atomic mass is 35.5. The van der Waals surface area contributed by atoms with Gasteiger partial charge in [0.15, 0.2) is 0 Å². The van der Waals surface area contributed by atoms with E-state index in [1.54, 1.807) is 12.1 Å². The first-order valence-corrected chi connectivity index (χ1v) is 11.5. The van der Waals surface area contributed by atoms with Gasteiger partial charge >= 0.3 is 0 Å². The summed E-state index contributed by atoms with van der Waals surface area (Å²) < 4.78 is 32.3. The van der Waals surface area contributed by atoms with Crippen LogP contribution >= 0.6 is 11.6 Å². The van der Waals surface area contributed by atoms with Crippen LogP contribution in [0.2, 0.25) is 5.02 Å². The highest BCUT2D eigenvalue weighted by Crippen LogP contribution is 2.25. The van der Waals surface area contributed by atoms with E-state index in [4.69, 9.17) is 16.3 Å². The second-order valence-corrected chi connectivity index (χ2v) is 9.30. The fraction of sp³-hybridized carbons (Fsp3) is 0.381. The van der Waals surface area contributed by atoms with Crippen LogP contribution in [0.5, 0.6) is 5.75 Å². The van der Waals surface area contributed by atoms with Crippen LogP contribution in [0.3, 0.4) is 0 Å². The number of carbonyl (C=O) groups excluding carboxylic acids is 1. The summed E-state index contributed by atoms with van der Waals surface area (Å²) >= 11 is 5.84. The van der Waals surface area contributed by atoms with E-state index in [9.17, 15) is 13.2 Å². The number of hydrogen-bond donors (Lipinski definition) is 1. The lowest BCUT2D eigenvalue weighted by molar-refractivity contribution is -0.126. The molecule has 0 spiro atoms. The minimum atomic E-state index is -3.56. The van der Waals surface area contributed by atoms with Gasteiger partial charge in [-0.3, -0.25) is 4.79 Å². The number of piperidine rings is 1. The second kappa shape index (κ2) is 9.61. The minimum absolute atomic E-state index is 0.0394. The molecule has 3 rings (SSSR count). The average molecular weight is 437 g/mol. The molecular weight excluding hydrogens is 412 g/mol. The summed E-state index contributed by atoms with van der Waals surface area (Å²) in [6.45, 7) is 3.63. The molecule has 2 aromatic rings. The van der Waals surface area contributed by atoms with E-state index in [1.165, 1.54) is 16.4 Å². The van der Waals surface area contributed by atoms with Crippen molar-refractivity contribution in [2.75, 3.05) is 19.7 Å². The van der Waals surface area contributed by atoms with E-state index in [-0.39, 0.29) is 16.7 Å². The van der Waals surface area contributed by atoms with Crippen LogP contribution in [0.1, 0.15) is 25.3 Å². The SMILES string of the molecule is CCOc1ccc(CNC(=O)C2CCN(S(=O)(=O)c3ccc(Cl)cc3)CC2)cc1. The van der Waals surface area contributed by atoms with Gasteiger partial charge in [0.2, 0.25) is 15.9 Å². The maximum atomic E-state index is 12.7. The molecular formula is C21H25ClN2O4S. The van der Waals surface area contributed by atoms with Crippen molar-refractivity contribution in [2.24, 2.45) is 5.92 Å². The Morgan fingerprint density at radius 2 is 1.72 bits per heavy atom. The highest BCUT2D eigenvalue weighted by Gasteiger charge is 2.31. The van der Waals surface area contributed by atoms with Crippen molar-refractivity contribution in [1.82, 2.24) is 9.62 Å². The van der Waals surface area contributed by atoms with Gasteiger partial charge in [-0.05, 0) is 61.7 Å². The van der Waals surface area contributed by atoms with Gasteiger partial charge in [-0.25, -0.2) is 8.42 Å². The summed E-state index contributed by atoms with van der Waals surface area (Å²) in [6.07, 6.45) is 1.00.